The van der Waals surface area contributed by atoms with Gasteiger partial charge in [0.05, 0.1) is 11.6 Å². The van der Waals surface area contributed by atoms with Crippen LogP contribution < -0.4 is 5.73 Å². The molecule has 0 radical (unpaired) electrons. The zero-order chi connectivity index (χ0) is 7.56. The van der Waals surface area contributed by atoms with Gasteiger partial charge in [0, 0.05) is 0 Å². The highest BCUT2D eigenvalue weighted by molar-refractivity contribution is 5.65. The predicted octanol–water partition coefficient (Wildman–Crippen LogP) is 0.588. The van der Waals surface area contributed by atoms with Crippen molar-refractivity contribution in [2.24, 2.45) is 5.73 Å². The summed E-state index contributed by atoms with van der Waals surface area (Å²) in [6.07, 6.45) is 5.47. The van der Waals surface area contributed by atoms with Gasteiger partial charge in [0.2, 0.25) is 0 Å². The van der Waals surface area contributed by atoms with E-state index in [1.165, 1.54) is 0 Å². The molecule has 1 unspecified atom stereocenters. The molecule has 1 aliphatic carbocycles. The monoisotopic (exact) mass is 135 g/mol. The zero-order valence-electron chi connectivity index (χ0n) is 5.79. The van der Waals surface area contributed by atoms with E-state index in [2.05, 4.69) is 0 Å². The first-order valence-corrected chi connectivity index (χ1v) is 3.11. The second-order valence-electron chi connectivity index (χ2n) is 2.28. The maximum Gasteiger partial charge on any atom is 0.130 e. The quantitative estimate of drug-likeness (QED) is 0.494. The van der Waals surface area contributed by atoms with Gasteiger partial charge in [-0.05, 0) is 12.5 Å². The molecule has 0 bridgehead atoms. The molecule has 10 heavy (non-hydrogen) atoms. The summed E-state index contributed by atoms with van der Waals surface area (Å²) in [6, 6.07) is -0.262. The first kappa shape index (κ1) is 7.00. The molecule has 0 saturated heterocycles. The van der Waals surface area contributed by atoms with E-state index in [1.54, 1.807) is 6.08 Å². The smallest absolute Gasteiger partial charge is 0.130 e. The molecular formula is C8H9NO. The van der Waals surface area contributed by atoms with E-state index in [-0.39, 0.29) is 6.04 Å². The van der Waals surface area contributed by atoms with Gasteiger partial charge in [0.25, 0.3) is 0 Å². The zero-order valence-corrected chi connectivity index (χ0v) is 5.79. The third-order valence-corrected chi connectivity index (χ3v) is 1.53. The number of hydrogen-bond acceptors (Lipinski definition) is 2. The number of allylic oxidation sites excluding steroid dienone is 2. The van der Waals surface area contributed by atoms with Crippen molar-refractivity contribution >= 4 is 5.94 Å². The maximum atomic E-state index is 10.3. The molecule has 0 aliphatic heterocycles. The van der Waals surface area contributed by atoms with Crippen LogP contribution in [0.4, 0.5) is 0 Å². The van der Waals surface area contributed by atoms with E-state index in [9.17, 15) is 4.79 Å². The van der Waals surface area contributed by atoms with Gasteiger partial charge in [-0.25, -0.2) is 4.79 Å². The highest BCUT2D eigenvalue weighted by atomic mass is 16.1. The molecule has 2 heteroatoms. The first-order chi connectivity index (χ1) is 4.75. The van der Waals surface area contributed by atoms with Gasteiger partial charge in [-0.15, -0.1) is 0 Å². The van der Waals surface area contributed by atoms with E-state index in [0.29, 0.717) is 5.57 Å². The standard InChI is InChI=1S/C8H9NO/c1-6-3-2-4-8(9)7(6)5-10/h2-4,8H,9H2,1H3. The number of hydrogen-bond donors (Lipinski definition) is 1. The molecule has 0 heterocycles. The van der Waals surface area contributed by atoms with Crippen LogP contribution >= 0.6 is 0 Å². The Labute approximate surface area is 59.7 Å². The first-order valence-electron chi connectivity index (χ1n) is 3.11. The number of carbonyl (C=O) groups excluding carboxylic acids is 1. The van der Waals surface area contributed by atoms with Crippen molar-refractivity contribution in [3.63, 3.8) is 0 Å². The fraction of sp³-hybridized carbons (Fsp3) is 0.250. The van der Waals surface area contributed by atoms with Crippen molar-refractivity contribution < 1.29 is 4.79 Å². The fourth-order valence-electron chi connectivity index (χ4n) is 0.917. The Morgan fingerprint density at radius 3 is 2.80 bits per heavy atom. The number of nitrogens with two attached hydrogens (primary N) is 1. The summed E-state index contributed by atoms with van der Waals surface area (Å²) in [5.74, 6) is 1.83. The van der Waals surface area contributed by atoms with Crippen molar-refractivity contribution in [3.05, 3.63) is 29.4 Å². The summed E-state index contributed by atoms with van der Waals surface area (Å²) in [4.78, 5) is 10.3. The minimum absolute atomic E-state index is 0.262. The Kier molecular flexibility index (Phi) is 1.86. The van der Waals surface area contributed by atoms with Crippen LogP contribution in [0.5, 0.6) is 0 Å². The van der Waals surface area contributed by atoms with Gasteiger partial charge in [-0.1, -0.05) is 18.2 Å². The third-order valence-electron chi connectivity index (χ3n) is 1.53. The second kappa shape index (κ2) is 2.65. The molecule has 1 rings (SSSR count). The summed E-state index contributed by atoms with van der Waals surface area (Å²) in [5, 5.41) is 0. The van der Waals surface area contributed by atoms with Gasteiger partial charge in [0.15, 0.2) is 0 Å². The lowest BCUT2D eigenvalue weighted by atomic mass is 9.97. The fourth-order valence-corrected chi connectivity index (χ4v) is 0.917. The van der Waals surface area contributed by atoms with E-state index in [1.807, 2.05) is 25.0 Å². The Hall–Kier alpha value is -1.11. The van der Waals surface area contributed by atoms with E-state index in [0.717, 1.165) is 5.57 Å². The lowest BCUT2D eigenvalue weighted by Gasteiger charge is -2.11. The lowest BCUT2D eigenvalue weighted by molar-refractivity contribution is 0.566. The molecule has 2 N–H and O–H groups in total. The number of rotatable bonds is 0. The van der Waals surface area contributed by atoms with Crippen molar-refractivity contribution in [2.45, 2.75) is 13.0 Å². The maximum absolute atomic E-state index is 10.3. The van der Waals surface area contributed by atoms with Crippen molar-refractivity contribution in [3.8, 4) is 0 Å². The van der Waals surface area contributed by atoms with Crippen LogP contribution in [0.2, 0.25) is 0 Å². The van der Waals surface area contributed by atoms with Gasteiger partial charge in [0.1, 0.15) is 5.94 Å². The molecule has 0 aromatic heterocycles. The van der Waals surface area contributed by atoms with Crippen LogP contribution in [-0.2, 0) is 4.79 Å². The summed E-state index contributed by atoms with van der Waals surface area (Å²) in [6.45, 7) is 1.85. The summed E-state index contributed by atoms with van der Waals surface area (Å²) < 4.78 is 0. The molecule has 0 amide bonds. The van der Waals surface area contributed by atoms with Gasteiger partial charge >= 0.3 is 0 Å². The van der Waals surface area contributed by atoms with Crippen LogP contribution in [0.15, 0.2) is 29.4 Å². The van der Waals surface area contributed by atoms with Crippen molar-refractivity contribution in [2.75, 3.05) is 0 Å². The van der Waals surface area contributed by atoms with Crippen LogP contribution in [0.1, 0.15) is 6.92 Å². The summed E-state index contributed by atoms with van der Waals surface area (Å²) >= 11 is 0. The highest BCUT2D eigenvalue weighted by Crippen LogP contribution is 2.14. The van der Waals surface area contributed by atoms with E-state index < -0.39 is 0 Å². The average molecular weight is 135 g/mol. The Morgan fingerprint density at radius 1 is 1.70 bits per heavy atom. The molecule has 1 atom stereocenters. The van der Waals surface area contributed by atoms with Crippen LogP contribution in [-0.4, -0.2) is 12.0 Å². The molecule has 0 fully saturated rings. The Morgan fingerprint density at radius 2 is 2.40 bits per heavy atom. The SMILES string of the molecule is CC1=CC=CC(N)C1=C=O. The molecule has 2 nitrogen and oxygen atoms in total. The largest absolute Gasteiger partial charge is 0.320 e. The van der Waals surface area contributed by atoms with Crippen molar-refractivity contribution in [1.29, 1.82) is 0 Å². The third kappa shape index (κ3) is 1.08. The predicted molar refractivity (Wildman–Crippen MR) is 40.1 cm³/mol. The van der Waals surface area contributed by atoms with Gasteiger partial charge in [-0.2, -0.15) is 0 Å². The Bertz CT molecular complexity index is 244. The van der Waals surface area contributed by atoms with E-state index in [4.69, 9.17) is 5.73 Å². The van der Waals surface area contributed by atoms with Crippen LogP contribution in [0, 0.1) is 0 Å². The molecule has 0 aromatic carbocycles. The minimum atomic E-state index is -0.262. The highest BCUT2D eigenvalue weighted by Gasteiger charge is 2.10. The van der Waals surface area contributed by atoms with E-state index >= 15 is 0 Å². The molecular weight excluding hydrogens is 126 g/mol. The summed E-state index contributed by atoms with van der Waals surface area (Å²) in [7, 11) is 0. The van der Waals surface area contributed by atoms with Crippen LogP contribution in [0.3, 0.4) is 0 Å². The molecule has 0 saturated carbocycles. The average Bonchev–Trinajstić information content (AvgIpc) is 1.88. The topological polar surface area (TPSA) is 43.1 Å². The van der Waals surface area contributed by atoms with Gasteiger partial charge < -0.3 is 5.73 Å². The normalized spacial score (nSPS) is 24.0. The lowest BCUT2D eigenvalue weighted by Crippen LogP contribution is -2.22. The molecule has 0 spiro atoms. The minimum Gasteiger partial charge on any atom is -0.320 e. The molecule has 52 valence electrons. The molecule has 1 aliphatic rings. The van der Waals surface area contributed by atoms with Crippen molar-refractivity contribution in [1.82, 2.24) is 0 Å². The summed E-state index contributed by atoms with van der Waals surface area (Å²) in [5.41, 5.74) is 7.02. The second-order valence-corrected chi connectivity index (χ2v) is 2.28. The van der Waals surface area contributed by atoms with Crippen LogP contribution in [0.25, 0.3) is 0 Å². The Balaban J connectivity index is 3.04. The van der Waals surface area contributed by atoms with Gasteiger partial charge in [-0.3, -0.25) is 0 Å². The molecule has 0 aromatic rings.